The maximum absolute atomic E-state index is 12.7. The maximum Gasteiger partial charge on any atom is 0.407 e. The first-order valence-corrected chi connectivity index (χ1v) is 8.26. The monoisotopic (exact) mass is 356 g/mol. The van der Waals surface area contributed by atoms with Crippen LogP contribution in [0.2, 0.25) is 0 Å². The van der Waals surface area contributed by atoms with Gasteiger partial charge in [0.15, 0.2) is 0 Å². The predicted octanol–water partition coefficient (Wildman–Crippen LogP) is 2.83. The molecule has 0 radical (unpaired) electrons. The second-order valence-electron chi connectivity index (χ2n) is 6.79. The van der Waals surface area contributed by atoms with Gasteiger partial charge in [-0.1, -0.05) is 12.7 Å². The quantitative estimate of drug-likeness (QED) is 0.649. The molecule has 0 saturated carbocycles. The summed E-state index contributed by atoms with van der Waals surface area (Å²) < 4.78 is 5.19. The van der Waals surface area contributed by atoms with Crippen molar-refractivity contribution < 1.29 is 14.3 Å². The van der Waals surface area contributed by atoms with E-state index < -0.39 is 11.7 Å². The van der Waals surface area contributed by atoms with Crippen LogP contribution in [0.5, 0.6) is 0 Å². The highest BCUT2D eigenvalue weighted by atomic mass is 16.6. The van der Waals surface area contributed by atoms with Gasteiger partial charge < -0.3 is 15.0 Å². The lowest BCUT2D eigenvalue weighted by molar-refractivity contribution is 0.0522. The van der Waals surface area contributed by atoms with E-state index in [0.717, 1.165) is 5.56 Å². The third kappa shape index (κ3) is 4.78. The van der Waals surface area contributed by atoms with E-state index in [1.165, 1.54) is 0 Å². The first-order valence-electron chi connectivity index (χ1n) is 8.26. The minimum atomic E-state index is -0.569. The molecule has 2 amide bonds. The van der Waals surface area contributed by atoms with E-state index in [-0.39, 0.29) is 12.5 Å². The van der Waals surface area contributed by atoms with Crippen LogP contribution in [-0.2, 0) is 17.8 Å². The standard InChI is InChI=1S/C19H24N4O3/c1-6-7-15(11-20-5)23-12-13-9-21-14(8-16(13)17(23)24)10-22-18(25)26-19(2,3)4/h6-9,11H,1,10,12H2,2-5H3,(H,22,25)/b15-7+,20-11?. The molecule has 0 saturated heterocycles. The molecule has 1 aliphatic rings. The van der Waals surface area contributed by atoms with Gasteiger partial charge in [0.1, 0.15) is 5.60 Å². The smallest absolute Gasteiger partial charge is 0.407 e. The average Bonchev–Trinajstić information content (AvgIpc) is 2.88. The number of fused-ring (bicyclic) bond motifs is 1. The van der Waals surface area contributed by atoms with Crippen molar-refractivity contribution in [2.75, 3.05) is 7.05 Å². The maximum atomic E-state index is 12.7. The van der Waals surface area contributed by atoms with Gasteiger partial charge in [-0.25, -0.2) is 4.79 Å². The van der Waals surface area contributed by atoms with E-state index in [1.54, 1.807) is 63.3 Å². The van der Waals surface area contributed by atoms with Gasteiger partial charge in [0.05, 0.1) is 24.5 Å². The number of carbonyl (C=O) groups is 2. The molecule has 1 aliphatic heterocycles. The van der Waals surface area contributed by atoms with E-state index in [2.05, 4.69) is 21.9 Å². The number of pyridine rings is 1. The minimum Gasteiger partial charge on any atom is -0.444 e. The molecule has 0 fully saturated rings. The first kappa shape index (κ1) is 19.4. The SMILES string of the molecule is C=C/C=C(\C=NC)N1Cc2cnc(CNC(=O)OC(C)(C)C)cc2C1=O. The van der Waals surface area contributed by atoms with E-state index in [1.807, 2.05) is 0 Å². The molecular weight excluding hydrogens is 332 g/mol. The van der Waals surface area contributed by atoms with Crippen molar-refractivity contribution in [3.63, 3.8) is 0 Å². The number of hydrogen-bond acceptors (Lipinski definition) is 5. The summed E-state index contributed by atoms with van der Waals surface area (Å²) in [5.74, 6) is -0.131. The highest BCUT2D eigenvalue weighted by Crippen LogP contribution is 2.25. The molecule has 1 aromatic heterocycles. The summed E-state index contributed by atoms with van der Waals surface area (Å²) in [4.78, 5) is 34.4. The van der Waals surface area contributed by atoms with Gasteiger partial charge in [-0.3, -0.25) is 14.8 Å². The number of aliphatic imine (C=N–C) groups is 1. The molecule has 1 N–H and O–H groups in total. The Labute approximate surface area is 153 Å². The third-order valence-corrected chi connectivity index (χ3v) is 3.52. The van der Waals surface area contributed by atoms with Crippen molar-refractivity contribution >= 4 is 18.2 Å². The highest BCUT2D eigenvalue weighted by Gasteiger charge is 2.29. The van der Waals surface area contributed by atoms with E-state index in [4.69, 9.17) is 4.74 Å². The number of rotatable bonds is 5. The van der Waals surface area contributed by atoms with Crippen molar-refractivity contribution in [1.82, 2.24) is 15.2 Å². The summed E-state index contributed by atoms with van der Waals surface area (Å²) in [6.07, 6.45) is 6.09. The van der Waals surface area contributed by atoms with E-state index in [9.17, 15) is 9.59 Å². The molecule has 26 heavy (non-hydrogen) atoms. The van der Waals surface area contributed by atoms with Crippen LogP contribution in [0.4, 0.5) is 4.79 Å². The minimum absolute atomic E-state index is 0.131. The Balaban J connectivity index is 2.11. The lowest BCUT2D eigenvalue weighted by atomic mass is 10.1. The third-order valence-electron chi connectivity index (χ3n) is 3.52. The van der Waals surface area contributed by atoms with Crippen LogP contribution >= 0.6 is 0 Å². The Morgan fingerprint density at radius 2 is 2.23 bits per heavy atom. The van der Waals surface area contributed by atoms with Crippen molar-refractivity contribution in [3.05, 3.63) is 53.5 Å². The molecule has 2 rings (SSSR count). The van der Waals surface area contributed by atoms with Crippen LogP contribution < -0.4 is 5.32 Å². The van der Waals surface area contributed by atoms with Gasteiger partial charge in [0, 0.05) is 30.6 Å². The van der Waals surface area contributed by atoms with Crippen molar-refractivity contribution in [1.29, 1.82) is 0 Å². The molecule has 0 bridgehead atoms. The lowest BCUT2D eigenvalue weighted by Crippen LogP contribution is -2.32. The van der Waals surface area contributed by atoms with Crippen LogP contribution in [-0.4, -0.2) is 40.7 Å². The number of ether oxygens (including phenoxy) is 1. The number of aromatic nitrogens is 1. The fraction of sp³-hybridized carbons (Fsp3) is 0.368. The van der Waals surface area contributed by atoms with Crippen LogP contribution in [0, 0.1) is 0 Å². The fourth-order valence-electron chi connectivity index (χ4n) is 2.48. The molecule has 2 heterocycles. The lowest BCUT2D eigenvalue weighted by Gasteiger charge is -2.19. The molecule has 0 unspecified atom stereocenters. The fourth-order valence-corrected chi connectivity index (χ4v) is 2.48. The van der Waals surface area contributed by atoms with E-state index in [0.29, 0.717) is 23.5 Å². The van der Waals surface area contributed by atoms with Gasteiger partial charge >= 0.3 is 6.09 Å². The van der Waals surface area contributed by atoms with Gasteiger partial charge in [0.25, 0.3) is 5.91 Å². The number of nitrogens with one attached hydrogen (secondary N) is 1. The van der Waals surface area contributed by atoms with Gasteiger partial charge in [-0.05, 0) is 32.9 Å². The van der Waals surface area contributed by atoms with E-state index >= 15 is 0 Å². The number of nitrogens with zero attached hydrogens (tertiary/aromatic N) is 3. The number of alkyl carbamates (subject to hydrolysis) is 1. The summed E-state index contributed by atoms with van der Waals surface area (Å²) >= 11 is 0. The van der Waals surface area contributed by atoms with Crippen LogP contribution in [0.1, 0.15) is 42.4 Å². The second-order valence-corrected chi connectivity index (χ2v) is 6.79. The molecule has 7 heteroatoms. The number of hydrogen-bond donors (Lipinski definition) is 1. The first-order chi connectivity index (χ1) is 12.2. The van der Waals surface area contributed by atoms with Gasteiger partial charge in [-0.15, -0.1) is 0 Å². The zero-order valence-electron chi connectivity index (χ0n) is 15.6. The predicted molar refractivity (Wildman–Crippen MR) is 99.9 cm³/mol. The molecule has 138 valence electrons. The Hall–Kier alpha value is -2.96. The molecule has 0 spiro atoms. The Morgan fingerprint density at radius 3 is 2.85 bits per heavy atom. The summed E-state index contributed by atoms with van der Waals surface area (Å²) in [5.41, 5.74) is 2.08. The van der Waals surface area contributed by atoms with Crippen LogP contribution in [0.25, 0.3) is 0 Å². The molecule has 1 aromatic rings. The van der Waals surface area contributed by atoms with Crippen molar-refractivity contribution in [2.45, 2.75) is 39.5 Å². The Morgan fingerprint density at radius 1 is 1.50 bits per heavy atom. The van der Waals surface area contributed by atoms with Crippen LogP contribution in [0.3, 0.4) is 0 Å². The van der Waals surface area contributed by atoms with Crippen molar-refractivity contribution in [3.8, 4) is 0 Å². The number of amides is 2. The van der Waals surface area contributed by atoms with Crippen molar-refractivity contribution in [2.24, 2.45) is 4.99 Å². The summed E-state index contributed by atoms with van der Waals surface area (Å²) in [7, 11) is 1.65. The summed E-state index contributed by atoms with van der Waals surface area (Å²) in [5, 5.41) is 2.64. The Bertz CT molecular complexity index is 775. The topological polar surface area (TPSA) is 83.9 Å². The normalized spacial score (nSPS) is 14.5. The number of allylic oxidation sites excluding steroid dienone is 3. The Kier molecular flexibility index (Phi) is 5.92. The largest absolute Gasteiger partial charge is 0.444 e. The second kappa shape index (κ2) is 7.95. The molecule has 0 aliphatic carbocycles. The zero-order valence-corrected chi connectivity index (χ0v) is 15.6. The molecule has 7 nitrogen and oxygen atoms in total. The molecule has 0 aromatic carbocycles. The highest BCUT2D eigenvalue weighted by molar-refractivity contribution is 6.02. The summed E-state index contributed by atoms with van der Waals surface area (Å²) in [6.45, 7) is 9.65. The summed E-state index contributed by atoms with van der Waals surface area (Å²) in [6, 6.07) is 1.70. The van der Waals surface area contributed by atoms with Crippen LogP contribution in [0.15, 0.2) is 41.7 Å². The van der Waals surface area contributed by atoms with Gasteiger partial charge in [-0.2, -0.15) is 0 Å². The average molecular weight is 356 g/mol. The van der Waals surface area contributed by atoms with Gasteiger partial charge in [0.2, 0.25) is 0 Å². The number of carbonyl (C=O) groups excluding carboxylic acids is 2. The molecule has 0 atom stereocenters. The zero-order chi connectivity index (χ0) is 19.3. The molecular formula is C19H24N4O3.